The molecule has 0 fully saturated rings. The molecule has 1 rings (SSSR count). The van der Waals surface area contributed by atoms with Crippen molar-refractivity contribution in [2.45, 2.75) is 388 Å². The molecule has 500 valence electrons. The zero-order valence-electron chi connectivity index (χ0n) is 66.5. The Balaban J connectivity index is 5.91. The van der Waals surface area contributed by atoms with Crippen molar-refractivity contribution in [2.24, 2.45) is 0 Å². The van der Waals surface area contributed by atoms with E-state index in [1.165, 1.54) is 0 Å². The molecule has 0 radical (unpaired) electrons. The third-order valence-corrected chi connectivity index (χ3v) is 72.7. The molecule has 0 bridgehead atoms. The van der Waals surface area contributed by atoms with Crippen LogP contribution in [-0.2, 0) is 0 Å². The second-order valence-electron chi connectivity index (χ2n) is 34.3. The Bertz CT molecular complexity index is 2210. The predicted octanol–water partition coefficient (Wildman–Crippen LogP) is 23.5. The van der Waals surface area contributed by atoms with E-state index >= 15 is 0 Å². The summed E-state index contributed by atoms with van der Waals surface area (Å²) in [6.45, 7) is 97.1. The Morgan fingerprint density at radius 1 is 0.0889 bits per heavy atom. The van der Waals surface area contributed by atoms with Crippen LogP contribution in [-0.4, -0.2) is 80.7 Å². The van der Waals surface area contributed by atoms with Crippen molar-refractivity contribution < 1.29 is 0 Å². The molecule has 0 nitrogen and oxygen atoms in total. The minimum Gasteiger partial charge on any atom is -0.121 e. The lowest BCUT2D eigenvalue weighted by molar-refractivity contribution is 0.926. The summed E-state index contributed by atoms with van der Waals surface area (Å²) in [5, 5.41) is 0. The van der Waals surface area contributed by atoms with Gasteiger partial charge >= 0.3 is 0 Å². The fourth-order valence-corrected chi connectivity index (χ4v) is 56.9. The molecule has 0 N–H and O–H groups in total. The van der Waals surface area contributed by atoms with Crippen molar-refractivity contribution in [3.05, 3.63) is 0 Å². The summed E-state index contributed by atoms with van der Waals surface area (Å²) in [7, 11) is -26.8. The van der Waals surface area contributed by atoms with Crippen LogP contribution in [0.2, 0.25) is 111 Å². The third-order valence-electron chi connectivity index (χ3n) is 23.0. The summed E-state index contributed by atoms with van der Waals surface area (Å²) in [6, 6.07) is 0. The summed E-state index contributed by atoms with van der Waals surface area (Å²) in [4.78, 5) is 0. The lowest BCUT2D eigenvalue weighted by Gasteiger charge is -2.36. The van der Waals surface area contributed by atoms with Gasteiger partial charge < -0.3 is 0 Å². The standard InChI is InChI=1S/C80H140Si10/c1-61(2)81(62(3)4)41-43-82(63(5)6,64(7)8)45-47-84(67(13)14,68(15)16)49-51-86(71(21)22,72(23)24)53-55-88(75(29)30,76(31)32)57-59-90(79(37)38,80(39)40)60-58-89(77(33)34,78(35)36)56-54-87(73(25)26,74(27)28)52-50-85(69(17)18,70(19)20)48-46-83(44-42-81,65(9)10)66(11)12/h61-80H,1-40H3. The van der Waals surface area contributed by atoms with E-state index < -0.39 is 80.7 Å². The molecule has 0 saturated heterocycles. The Hall–Kier alpha value is -2.23. The molecule has 0 aromatic rings. The normalized spacial score (nSPS) is 19.8. The molecular formula is C80H140Si10. The Labute approximate surface area is 574 Å². The van der Waals surface area contributed by atoms with Crippen LogP contribution in [0.3, 0.4) is 0 Å². The van der Waals surface area contributed by atoms with E-state index in [9.17, 15) is 0 Å². The van der Waals surface area contributed by atoms with E-state index in [0.29, 0.717) is 111 Å². The Kier molecular flexibility index (Phi) is 32.1. The highest BCUT2D eigenvalue weighted by molar-refractivity contribution is 7.08. The molecule has 10 heteroatoms. The van der Waals surface area contributed by atoms with E-state index in [4.69, 9.17) is 0 Å². The van der Waals surface area contributed by atoms with Crippen molar-refractivity contribution in [3.63, 3.8) is 0 Å². The number of hydrogen-bond acceptors (Lipinski definition) is 0. The van der Waals surface area contributed by atoms with Crippen molar-refractivity contribution >= 4 is 80.7 Å². The van der Waals surface area contributed by atoms with Gasteiger partial charge in [-0.05, 0) is 111 Å². The van der Waals surface area contributed by atoms with E-state index in [1.54, 1.807) is 0 Å². The molecule has 0 amide bonds. The smallest absolute Gasteiger partial charge is 0.121 e. The Morgan fingerprint density at radius 2 is 0.122 bits per heavy atom. The topological polar surface area (TPSA) is 0 Å². The monoisotopic (exact) mass is 1380 g/mol. The highest BCUT2D eigenvalue weighted by atomic mass is 28.4. The van der Waals surface area contributed by atoms with Crippen LogP contribution in [0.1, 0.15) is 277 Å². The summed E-state index contributed by atoms with van der Waals surface area (Å²) in [6.07, 6.45) is 0. The molecular weight excluding hydrogens is 1240 g/mol. The summed E-state index contributed by atoms with van der Waals surface area (Å²) < 4.78 is 0. The van der Waals surface area contributed by atoms with Gasteiger partial charge in [-0.1, -0.05) is 277 Å². The van der Waals surface area contributed by atoms with Gasteiger partial charge in [0, 0.05) is 0 Å². The van der Waals surface area contributed by atoms with Gasteiger partial charge in [0.05, 0.1) is 0 Å². The number of hydrogen-bond donors (Lipinski definition) is 0. The maximum Gasteiger partial charge on any atom is 0.220 e. The molecule has 0 spiro atoms. The van der Waals surface area contributed by atoms with Gasteiger partial charge in [0.1, 0.15) is 0 Å². The van der Waals surface area contributed by atoms with E-state index in [1.807, 2.05) is 0 Å². The molecule has 0 aromatic carbocycles. The van der Waals surface area contributed by atoms with Crippen LogP contribution in [0.4, 0.5) is 0 Å². The predicted molar refractivity (Wildman–Crippen MR) is 437 cm³/mol. The van der Waals surface area contributed by atoms with Crippen LogP contribution < -0.4 is 0 Å². The lowest BCUT2D eigenvalue weighted by Crippen LogP contribution is -2.47. The van der Waals surface area contributed by atoms with Gasteiger partial charge in [-0.3, -0.25) is 0 Å². The molecule has 0 aromatic heterocycles. The summed E-state index contributed by atoms with van der Waals surface area (Å²) >= 11 is 0. The van der Waals surface area contributed by atoms with Crippen LogP contribution >= 0.6 is 0 Å². The second kappa shape index (κ2) is 33.6. The van der Waals surface area contributed by atoms with Crippen molar-refractivity contribution in [1.82, 2.24) is 0 Å². The SMILES string of the molecule is CC(C)[Si]1(C(C)C)C#C[Si](C(C)C)(C(C)C)C#C[Si](C(C)C)(C(C)C)C#C[Si](C(C)C)(C(C)C)C#C[Si](C(C)C)(C(C)C)C#C[Si](C(C)C)(C(C)C)C#C[Si](C(C)C)(C(C)C)C#C[Si](C(C)C)(C(C)C)C#C[Si](C(C)C)(C(C)C)C#C[Si](C(C)C)(C(C)C)C#C1. The lowest BCUT2D eigenvalue weighted by atomic mass is 10.5. The zero-order chi connectivity index (χ0) is 70.7. The van der Waals surface area contributed by atoms with Gasteiger partial charge in [0.15, 0.2) is 0 Å². The highest BCUT2D eigenvalue weighted by Crippen LogP contribution is 2.43. The van der Waals surface area contributed by atoms with Crippen molar-refractivity contribution in [2.75, 3.05) is 0 Å². The highest BCUT2D eigenvalue weighted by Gasteiger charge is 2.50. The Morgan fingerprint density at radius 3 is 0.144 bits per heavy atom. The first-order chi connectivity index (χ1) is 40.9. The molecule has 1 heterocycles. The fourth-order valence-electron chi connectivity index (χ4n) is 14.8. The molecule has 1 aliphatic rings. The average molecular weight is 1380 g/mol. The zero-order valence-corrected chi connectivity index (χ0v) is 76.5. The fraction of sp³-hybridized carbons (Fsp3) is 0.750. The van der Waals surface area contributed by atoms with E-state index in [-0.39, 0.29) is 0 Å². The van der Waals surface area contributed by atoms with Crippen LogP contribution in [0.5, 0.6) is 0 Å². The maximum absolute atomic E-state index is 4.34. The van der Waals surface area contributed by atoms with Crippen LogP contribution in [0, 0.1) is 111 Å². The molecule has 0 aliphatic carbocycles. The molecule has 0 saturated carbocycles. The summed E-state index contributed by atoms with van der Waals surface area (Å²) in [5.41, 5.74) is 93.3. The van der Waals surface area contributed by atoms with Gasteiger partial charge in [0.25, 0.3) is 0 Å². The first-order valence-electron chi connectivity index (χ1n) is 36.4. The van der Waals surface area contributed by atoms with E-state index in [2.05, 4.69) is 388 Å². The van der Waals surface area contributed by atoms with E-state index in [0.717, 1.165) is 0 Å². The molecule has 90 heavy (non-hydrogen) atoms. The second-order valence-corrected chi connectivity index (χ2v) is 79.8. The minimum absolute atomic E-state index is 0.326. The average Bonchev–Trinajstić information content (AvgIpc) is 3.39. The molecule has 0 atom stereocenters. The molecule has 1 aliphatic heterocycles. The quantitative estimate of drug-likeness (QED) is 0.0842. The summed E-state index contributed by atoms with van der Waals surface area (Å²) in [5.74, 6) is 0. The van der Waals surface area contributed by atoms with Crippen LogP contribution in [0.15, 0.2) is 0 Å². The first-order valence-corrected chi connectivity index (χ1v) is 57.9. The van der Waals surface area contributed by atoms with Crippen molar-refractivity contribution in [1.29, 1.82) is 0 Å². The third kappa shape index (κ3) is 17.5. The number of rotatable bonds is 20. The molecule has 0 unspecified atom stereocenters. The largest absolute Gasteiger partial charge is 0.220 e. The van der Waals surface area contributed by atoms with Gasteiger partial charge in [-0.25, -0.2) is 0 Å². The first kappa shape index (κ1) is 85.8. The van der Waals surface area contributed by atoms with Crippen LogP contribution in [0.25, 0.3) is 0 Å². The maximum atomic E-state index is 4.34. The van der Waals surface area contributed by atoms with Gasteiger partial charge in [0.2, 0.25) is 80.7 Å². The van der Waals surface area contributed by atoms with Gasteiger partial charge in [-0.2, -0.15) is 0 Å². The van der Waals surface area contributed by atoms with Gasteiger partial charge in [-0.15, -0.1) is 111 Å². The van der Waals surface area contributed by atoms with Crippen molar-refractivity contribution in [3.8, 4) is 111 Å². The minimum atomic E-state index is -2.68.